The van der Waals surface area contributed by atoms with Crippen LogP contribution in [0.15, 0.2) is 28.0 Å². The number of rotatable bonds is 12. The molecule has 3 rings (SSSR count). The van der Waals surface area contributed by atoms with Crippen LogP contribution in [0.1, 0.15) is 0 Å². The molecule has 7 N–H and O–H groups in total. The van der Waals surface area contributed by atoms with Crippen molar-refractivity contribution in [3.05, 3.63) is 18.2 Å². The van der Waals surface area contributed by atoms with Crippen LogP contribution in [0.2, 0.25) is 0 Å². The topological polar surface area (TPSA) is 236 Å². The van der Waals surface area contributed by atoms with Crippen molar-refractivity contribution in [2.45, 2.75) is 9.79 Å². The Morgan fingerprint density at radius 3 is 2.52 bits per heavy atom. The van der Waals surface area contributed by atoms with E-state index in [0.29, 0.717) is 12.0 Å². The highest BCUT2D eigenvalue weighted by molar-refractivity contribution is 7.94. The fourth-order valence-corrected chi connectivity index (χ4v) is 5.61. The molecule has 33 heavy (non-hydrogen) atoms. The summed E-state index contributed by atoms with van der Waals surface area (Å²) in [5.41, 5.74) is 5.74. The molecule has 1 aromatic heterocycles. The summed E-state index contributed by atoms with van der Waals surface area (Å²) in [4.78, 5) is 11.7. The number of nitrogens with one attached hydrogen (secondary N) is 2. The van der Waals surface area contributed by atoms with Crippen molar-refractivity contribution in [3.8, 4) is 0 Å². The Balaban J connectivity index is 1.78. The van der Waals surface area contributed by atoms with E-state index in [1.165, 1.54) is 6.07 Å². The van der Waals surface area contributed by atoms with Gasteiger partial charge in [-0.05, 0) is 18.2 Å². The molecule has 16 nitrogen and oxygen atoms in total. The summed E-state index contributed by atoms with van der Waals surface area (Å²) >= 11 is 0.513. The number of nitrogens with zero attached hydrogens (tertiary/aromatic N) is 4. The van der Waals surface area contributed by atoms with Gasteiger partial charge in [0.05, 0.1) is 40.7 Å². The van der Waals surface area contributed by atoms with Gasteiger partial charge in [0, 0.05) is 0 Å². The Bertz CT molecular complexity index is 1230. The van der Waals surface area contributed by atoms with E-state index in [4.69, 9.17) is 16.1 Å². The molecule has 0 bridgehead atoms. The summed E-state index contributed by atoms with van der Waals surface area (Å²) in [6, 6.07) is 3.40. The highest BCUT2D eigenvalue weighted by Crippen LogP contribution is 2.33. The van der Waals surface area contributed by atoms with E-state index in [1.54, 1.807) is 0 Å². The lowest BCUT2D eigenvalue weighted by Crippen LogP contribution is -2.35. The van der Waals surface area contributed by atoms with Gasteiger partial charge in [-0.15, -0.1) is 4.33 Å². The Morgan fingerprint density at radius 1 is 1.21 bits per heavy atom. The number of aliphatic hydroxyl groups excluding tert-OH is 1. The number of aromatic nitrogens is 3. The molecule has 1 fully saturated rings. The summed E-state index contributed by atoms with van der Waals surface area (Å²) in [6.07, 6.45) is 0. The second kappa shape index (κ2) is 9.87. The number of hydrogen-bond donors (Lipinski definition) is 6. The van der Waals surface area contributed by atoms with Crippen LogP contribution >= 0.6 is 12.0 Å². The molecule has 2 aromatic rings. The zero-order valence-electron chi connectivity index (χ0n) is 16.6. The third kappa shape index (κ3) is 6.16. The number of sulfonamides is 1. The largest absolute Gasteiger partial charge is 0.390 e. The molecule has 0 aliphatic carbocycles. The maximum atomic E-state index is 11.8. The second-order valence-corrected chi connectivity index (χ2v) is 11.1. The van der Waals surface area contributed by atoms with E-state index in [9.17, 15) is 21.4 Å². The van der Waals surface area contributed by atoms with Gasteiger partial charge in [0.1, 0.15) is 13.1 Å². The van der Waals surface area contributed by atoms with Crippen molar-refractivity contribution < 1.29 is 45.0 Å². The first-order valence-electron chi connectivity index (χ1n) is 8.98. The van der Waals surface area contributed by atoms with Crippen LogP contribution in [0.5, 0.6) is 0 Å². The first kappa shape index (κ1) is 25.3. The monoisotopic (exact) mass is 526 g/mol. The summed E-state index contributed by atoms with van der Waals surface area (Å²) in [7, 11) is -7.82. The SMILES string of the molecule is Nc1nc(NCC[N+]2(CCO)CS2(=O)=O)nc(Nc2cc(S(=O)(=O)O)ccc2SOOO)n1. The van der Waals surface area contributed by atoms with Crippen molar-refractivity contribution in [1.29, 1.82) is 0 Å². The van der Waals surface area contributed by atoms with Gasteiger partial charge in [-0.25, -0.2) is 5.26 Å². The Labute approximate surface area is 192 Å². The molecule has 1 aliphatic rings. The van der Waals surface area contributed by atoms with Crippen molar-refractivity contribution in [2.24, 2.45) is 0 Å². The fraction of sp³-hybridized carbons (Fsp3) is 0.357. The molecule has 1 aliphatic heterocycles. The molecule has 1 unspecified atom stereocenters. The Hall–Kier alpha value is -2.36. The van der Waals surface area contributed by atoms with Gasteiger partial charge in [0.15, 0.2) is 0 Å². The minimum absolute atomic E-state index is 0.00137. The minimum Gasteiger partial charge on any atom is -0.390 e. The number of quaternary nitrogens is 1. The highest BCUT2D eigenvalue weighted by Gasteiger charge is 2.61. The van der Waals surface area contributed by atoms with E-state index in [-0.39, 0.29) is 64.4 Å². The zero-order valence-corrected chi connectivity index (χ0v) is 19.1. The molecule has 2 heterocycles. The third-order valence-corrected chi connectivity index (χ3v) is 8.24. The molecular formula is C14H20N7O9S3+. The van der Waals surface area contributed by atoms with E-state index < -0.39 is 25.0 Å². The van der Waals surface area contributed by atoms with E-state index in [2.05, 4.69) is 35.0 Å². The summed E-state index contributed by atoms with van der Waals surface area (Å²) in [6.45, 7) is 0.0937. The standard InChI is InChI=1S/C14H19N7O9S3/c15-12-18-13(16-3-4-21(5-6-22)8-32(21,24)25)20-14(19-12)17-10-7-9(33(26,27)28)1-2-11(10)31-30-29-23/h1-2,7,22H,3-6,8H2,(H5-,15,16,17,18,19,20,23,26,27,28)/p+1. The number of benzene rings is 1. The molecule has 0 amide bonds. The zero-order chi connectivity index (χ0) is 24.3. The molecule has 0 saturated carbocycles. The number of aliphatic hydroxyl groups is 1. The maximum absolute atomic E-state index is 11.8. The normalized spacial score (nSPS) is 19.2. The molecular weight excluding hydrogens is 506 g/mol. The molecule has 1 aromatic carbocycles. The van der Waals surface area contributed by atoms with Crippen LogP contribution in [0.25, 0.3) is 0 Å². The van der Waals surface area contributed by atoms with Gasteiger partial charge >= 0.3 is 10.0 Å². The summed E-state index contributed by atoms with van der Waals surface area (Å²) in [5.74, 6) is -0.390. The molecule has 19 heteroatoms. The number of anilines is 4. The molecule has 1 atom stereocenters. The lowest BCUT2D eigenvalue weighted by atomic mass is 10.3. The molecule has 1 saturated heterocycles. The minimum atomic E-state index is -4.54. The summed E-state index contributed by atoms with van der Waals surface area (Å²) < 4.78 is 59.9. The van der Waals surface area contributed by atoms with Crippen LogP contribution in [0, 0.1) is 0 Å². The summed E-state index contributed by atoms with van der Waals surface area (Å²) in [5, 5.41) is 26.5. The van der Waals surface area contributed by atoms with Gasteiger partial charge in [-0.1, -0.05) is 5.04 Å². The van der Waals surface area contributed by atoms with Crippen molar-refractivity contribution in [3.63, 3.8) is 0 Å². The van der Waals surface area contributed by atoms with Gasteiger partial charge in [-0.2, -0.15) is 35.7 Å². The molecule has 0 spiro atoms. The number of nitrogen functional groups attached to an aromatic ring is 1. The van der Waals surface area contributed by atoms with Crippen molar-refractivity contribution in [1.82, 2.24) is 15.0 Å². The highest BCUT2D eigenvalue weighted by atomic mass is 32.2. The van der Waals surface area contributed by atoms with Crippen molar-refractivity contribution >= 4 is 55.7 Å². The number of hydrogen-bond acceptors (Lipinski definition) is 15. The van der Waals surface area contributed by atoms with E-state index >= 15 is 0 Å². The Morgan fingerprint density at radius 2 is 1.91 bits per heavy atom. The lowest BCUT2D eigenvalue weighted by molar-refractivity contribution is -0.731. The molecule has 0 radical (unpaired) electrons. The van der Waals surface area contributed by atoms with E-state index in [0.717, 1.165) is 12.1 Å². The van der Waals surface area contributed by atoms with Gasteiger partial charge < -0.3 is 21.5 Å². The van der Waals surface area contributed by atoms with Crippen LogP contribution in [0.4, 0.5) is 23.5 Å². The lowest BCUT2D eigenvalue weighted by Gasteiger charge is -2.14. The first-order chi connectivity index (χ1) is 15.5. The Kier molecular flexibility index (Phi) is 7.55. The fourth-order valence-electron chi connectivity index (χ4n) is 2.89. The maximum Gasteiger partial charge on any atom is 0.350 e. The molecule has 182 valence electrons. The second-order valence-electron chi connectivity index (χ2n) is 6.69. The number of nitrogens with two attached hydrogens (primary N) is 1. The average molecular weight is 527 g/mol. The van der Waals surface area contributed by atoms with Gasteiger partial charge in [-0.3, -0.25) is 4.55 Å². The van der Waals surface area contributed by atoms with Crippen LogP contribution in [-0.2, 0) is 29.5 Å². The van der Waals surface area contributed by atoms with Crippen LogP contribution in [0.3, 0.4) is 0 Å². The van der Waals surface area contributed by atoms with Gasteiger partial charge in [0.25, 0.3) is 10.1 Å². The predicted octanol–water partition coefficient (Wildman–Crippen LogP) is -0.606. The van der Waals surface area contributed by atoms with Crippen LogP contribution in [-0.4, -0.2) is 82.7 Å². The quantitative estimate of drug-likeness (QED) is 0.0505. The average Bonchev–Trinajstić information content (AvgIpc) is 3.25. The van der Waals surface area contributed by atoms with E-state index in [1.807, 2.05) is 0 Å². The van der Waals surface area contributed by atoms with Gasteiger partial charge in [0.2, 0.25) is 23.7 Å². The van der Waals surface area contributed by atoms with Crippen LogP contribution < -0.4 is 16.4 Å². The third-order valence-electron chi connectivity index (χ3n) is 4.53. The smallest absolute Gasteiger partial charge is 0.350 e. The van der Waals surface area contributed by atoms with Crippen molar-refractivity contribution in [2.75, 3.05) is 48.5 Å². The first-order valence-corrected chi connectivity index (χ1v) is 12.8. The predicted molar refractivity (Wildman–Crippen MR) is 114 cm³/mol.